The number of aryl methyl sites for hydroxylation is 1. The number of hydrogen-bond acceptors (Lipinski definition) is 3. The SMILES string of the molecule is Cc1ccc(Cl)cc1NC(=O)CC1NC(=O)NC1=O. The van der Waals surface area contributed by atoms with E-state index in [2.05, 4.69) is 16.0 Å². The summed E-state index contributed by atoms with van der Waals surface area (Å²) in [6, 6.07) is 3.72. The molecule has 4 amide bonds. The second-order valence-corrected chi connectivity index (χ2v) is 4.66. The second kappa shape index (κ2) is 5.27. The molecule has 0 bridgehead atoms. The van der Waals surface area contributed by atoms with Crippen LogP contribution in [0.5, 0.6) is 0 Å². The van der Waals surface area contributed by atoms with Gasteiger partial charge >= 0.3 is 6.03 Å². The first-order chi connectivity index (χ1) is 8.95. The van der Waals surface area contributed by atoms with Crippen molar-refractivity contribution in [2.75, 3.05) is 5.32 Å². The van der Waals surface area contributed by atoms with E-state index in [-0.39, 0.29) is 12.3 Å². The van der Waals surface area contributed by atoms with Gasteiger partial charge in [-0.25, -0.2) is 4.79 Å². The van der Waals surface area contributed by atoms with Crippen molar-refractivity contribution < 1.29 is 14.4 Å². The first kappa shape index (κ1) is 13.4. The Labute approximate surface area is 114 Å². The Morgan fingerprint density at radius 1 is 1.42 bits per heavy atom. The first-order valence-corrected chi connectivity index (χ1v) is 6.01. The van der Waals surface area contributed by atoms with Crippen molar-refractivity contribution in [3.8, 4) is 0 Å². The van der Waals surface area contributed by atoms with Gasteiger partial charge in [0, 0.05) is 10.7 Å². The number of halogens is 1. The number of imide groups is 1. The summed E-state index contributed by atoms with van der Waals surface area (Å²) in [4.78, 5) is 34.0. The third-order valence-corrected chi connectivity index (χ3v) is 2.96. The predicted octanol–water partition coefficient (Wildman–Crippen LogP) is 1.19. The van der Waals surface area contributed by atoms with Crippen molar-refractivity contribution in [2.45, 2.75) is 19.4 Å². The summed E-state index contributed by atoms with van der Waals surface area (Å²) >= 11 is 5.84. The highest BCUT2D eigenvalue weighted by Crippen LogP contribution is 2.20. The molecular formula is C12H12ClN3O3. The highest BCUT2D eigenvalue weighted by atomic mass is 35.5. The summed E-state index contributed by atoms with van der Waals surface area (Å²) in [6.45, 7) is 1.83. The van der Waals surface area contributed by atoms with Gasteiger partial charge in [-0.3, -0.25) is 14.9 Å². The van der Waals surface area contributed by atoms with E-state index in [9.17, 15) is 14.4 Å². The zero-order valence-corrected chi connectivity index (χ0v) is 10.9. The van der Waals surface area contributed by atoms with Gasteiger partial charge in [-0.2, -0.15) is 0 Å². The number of nitrogens with one attached hydrogen (secondary N) is 3. The normalized spacial score (nSPS) is 17.9. The zero-order chi connectivity index (χ0) is 14.0. The largest absolute Gasteiger partial charge is 0.326 e. The van der Waals surface area contributed by atoms with Crippen LogP contribution in [0.25, 0.3) is 0 Å². The van der Waals surface area contributed by atoms with Gasteiger partial charge < -0.3 is 10.6 Å². The van der Waals surface area contributed by atoms with Crippen molar-refractivity contribution >= 4 is 35.1 Å². The van der Waals surface area contributed by atoms with Crippen molar-refractivity contribution in [3.05, 3.63) is 28.8 Å². The fraction of sp³-hybridized carbons (Fsp3) is 0.250. The van der Waals surface area contributed by atoms with Gasteiger partial charge in [0.05, 0.1) is 6.42 Å². The van der Waals surface area contributed by atoms with Crippen molar-refractivity contribution in [2.24, 2.45) is 0 Å². The number of anilines is 1. The second-order valence-electron chi connectivity index (χ2n) is 4.23. The van der Waals surface area contributed by atoms with E-state index >= 15 is 0 Å². The third kappa shape index (κ3) is 3.23. The fourth-order valence-corrected chi connectivity index (χ4v) is 1.89. The summed E-state index contributed by atoms with van der Waals surface area (Å²) in [5, 5.41) is 7.59. The van der Waals surface area contributed by atoms with E-state index in [0.717, 1.165) is 5.56 Å². The Kier molecular flexibility index (Phi) is 3.71. The number of hydrogen-bond donors (Lipinski definition) is 3. The zero-order valence-electron chi connectivity index (χ0n) is 10.1. The van der Waals surface area contributed by atoms with Crippen LogP contribution in [-0.4, -0.2) is 23.9 Å². The van der Waals surface area contributed by atoms with E-state index < -0.39 is 18.0 Å². The summed E-state index contributed by atoms with van der Waals surface area (Å²) in [7, 11) is 0. The molecule has 1 fully saturated rings. The average Bonchev–Trinajstić information content (AvgIpc) is 2.62. The van der Waals surface area contributed by atoms with Crippen LogP contribution in [-0.2, 0) is 9.59 Å². The van der Waals surface area contributed by atoms with Crippen molar-refractivity contribution in [3.63, 3.8) is 0 Å². The van der Waals surface area contributed by atoms with Crippen LogP contribution in [0.4, 0.5) is 10.5 Å². The first-order valence-electron chi connectivity index (χ1n) is 5.63. The minimum Gasteiger partial charge on any atom is -0.326 e. The molecule has 1 heterocycles. The summed E-state index contributed by atoms with van der Waals surface area (Å²) in [5.74, 6) is -0.865. The minimum atomic E-state index is -0.827. The Balaban J connectivity index is 2.00. The molecule has 6 nitrogen and oxygen atoms in total. The van der Waals surface area contributed by atoms with Gasteiger partial charge in [-0.15, -0.1) is 0 Å². The fourth-order valence-electron chi connectivity index (χ4n) is 1.72. The van der Waals surface area contributed by atoms with Crippen LogP contribution in [0.1, 0.15) is 12.0 Å². The lowest BCUT2D eigenvalue weighted by Crippen LogP contribution is -2.33. The van der Waals surface area contributed by atoms with Crippen molar-refractivity contribution in [1.29, 1.82) is 0 Å². The number of benzene rings is 1. The molecule has 100 valence electrons. The lowest BCUT2D eigenvalue weighted by atomic mass is 10.1. The van der Waals surface area contributed by atoms with Gasteiger partial charge in [-0.05, 0) is 24.6 Å². The van der Waals surface area contributed by atoms with Crippen LogP contribution in [0.15, 0.2) is 18.2 Å². The maximum atomic E-state index is 11.8. The Morgan fingerprint density at radius 2 is 2.16 bits per heavy atom. The molecule has 19 heavy (non-hydrogen) atoms. The lowest BCUT2D eigenvalue weighted by Gasteiger charge is -2.10. The van der Waals surface area contributed by atoms with Gasteiger partial charge in [0.2, 0.25) is 5.91 Å². The van der Waals surface area contributed by atoms with Crippen molar-refractivity contribution in [1.82, 2.24) is 10.6 Å². The summed E-state index contributed by atoms with van der Waals surface area (Å²) < 4.78 is 0. The number of carbonyl (C=O) groups is 3. The quantitative estimate of drug-likeness (QED) is 0.727. The molecule has 0 aromatic heterocycles. The monoisotopic (exact) mass is 281 g/mol. The molecule has 1 aliphatic rings. The molecule has 2 rings (SSSR count). The highest BCUT2D eigenvalue weighted by molar-refractivity contribution is 6.31. The number of urea groups is 1. The lowest BCUT2D eigenvalue weighted by molar-refractivity contribution is -0.124. The number of carbonyl (C=O) groups excluding carboxylic acids is 3. The van der Waals surface area contributed by atoms with Gasteiger partial charge in [-0.1, -0.05) is 17.7 Å². The molecule has 1 aromatic rings. The van der Waals surface area contributed by atoms with E-state index in [1.54, 1.807) is 18.2 Å². The van der Waals surface area contributed by atoms with E-state index in [4.69, 9.17) is 11.6 Å². The van der Waals surface area contributed by atoms with Gasteiger partial charge in [0.25, 0.3) is 5.91 Å². The molecule has 0 saturated carbocycles. The van der Waals surface area contributed by atoms with E-state index in [0.29, 0.717) is 10.7 Å². The predicted molar refractivity (Wildman–Crippen MR) is 69.9 cm³/mol. The molecule has 1 saturated heterocycles. The van der Waals surface area contributed by atoms with Crippen LogP contribution in [0.3, 0.4) is 0 Å². The number of amides is 4. The molecule has 0 aliphatic carbocycles. The standard InChI is InChI=1S/C12H12ClN3O3/c1-6-2-3-7(13)4-8(6)14-10(17)5-9-11(18)16-12(19)15-9/h2-4,9H,5H2,1H3,(H,14,17)(H2,15,16,18,19). The smallest absolute Gasteiger partial charge is 0.322 e. The maximum Gasteiger partial charge on any atom is 0.322 e. The van der Waals surface area contributed by atoms with Crippen LogP contribution in [0, 0.1) is 6.92 Å². The Bertz CT molecular complexity index is 559. The third-order valence-electron chi connectivity index (χ3n) is 2.72. The average molecular weight is 282 g/mol. The van der Waals surface area contributed by atoms with Gasteiger partial charge in [0.15, 0.2) is 0 Å². The molecule has 1 aromatic carbocycles. The topological polar surface area (TPSA) is 87.3 Å². The number of rotatable bonds is 3. The highest BCUT2D eigenvalue weighted by Gasteiger charge is 2.31. The minimum absolute atomic E-state index is 0.122. The molecule has 1 unspecified atom stereocenters. The summed E-state index contributed by atoms with van der Waals surface area (Å²) in [5.41, 5.74) is 1.44. The molecular weight excluding hydrogens is 270 g/mol. The molecule has 0 radical (unpaired) electrons. The molecule has 7 heteroatoms. The van der Waals surface area contributed by atoms with Gasteiger partial charge in [0.1, 0.15) is 6.04 Å². The molecule has 0 spiro atoms. The molecule has 1 atom stereocenters. The molecule has 1 aliphatic heterocycles. The summed E-state index contributed by atoms with van der Waals surface area (Å²) in [6.07, 6.45) is -0.122. The van der Waals surface area contributed by atoms with E-state index in [1.165, 1.54) is 0 Å². The van der Waals surface area contributed by atoms with Crippen LogP contribution < -0.4 is 16.0 Å². The maximum absolute atomic E-state index is 11.8. The van der Waals surface area contributed by atoms with Crippen LogP contribution >= 0.6 is 11.6 Å². The van der Waals surface area contributed by atoms with E-state index in [1.807, 2.05) is 6.92 Å². The Morgan fingerprint density at radius 3 is 2.79 bits per heavy atom. The Hall–Kier alpha value is -2.08. The van der Waals surface area contributed by atoms with Crippen LogP contribution in [0.2, 0.25) is 5.02 Å². The molecule has 3 N–H and O–H groups in total.